The Bertz CT molecular complexity index is 880. The first-order chi connectivity index (χ1) is 11.9. The van der Waals surface area contributed by atoms with E-state index in [0.29, 0.717) is 5.56 Å². The zero-order chi connectivity index (χ0) is 19.8. The Kier molecular flexibility index (Phi) is 5.40. The van der Waals surface area contributed by atoms with Crippen molar-refractivity contribution in [3.05, 3.63) is 49.7 Å². The highest BCUT2D eigenvalue weighted by molar-refractivity contribution is 9.10. The van der Waals surface area contributed by atoms with Gasteiger partial charge in [0.1, 0.15) is 11.7 Å². The maximum Gasteiger partial charge on any atom is 0.436 e. The summed E-state index contributed by atoms with van der Waals surface area (Å²) < 4.78 is 39.5. The Morgan fingerprint density at radius 3 is 2.50 bits per heavy atom. The molecule has 1 amide bonds. The standard InChI is InChI=1S/C15H14BrF3N4O3/c1-7-4-5-10(11(6-7)23(25)26)20-14(24)9(3)22-8(2)12(16)13(21-22)15(17,18)19/h4-6,9H,1-3H3,(H,20,24). The smallest absolute Gasteiger partial charge is 0.319 e. The number of rotatable bonds is 4. The number of nitrogens with zero attached hydrogens (tertiary/aromatic N) is 3. The van der Waals surface area contributed by atoms with Gasteiger partial charge in [-0.1, -0.05) is 6.07 Å². The molecule has 11 heteroatoms. The monoisotopic (exact) mass is 434 g/mol. The Balaban J connectivity index is 2.34. The van der Waals surface area contributed by atoms with Gasteiger partial charge in [0.15, 0.2) is 5.69 Å². The van der Waals surface area contributed by atoms with E-state index in [1.807, 2.05) is 0 Å². The molecule has 2 aromatic rings. The second-order valence-electron chi connectivity index (χ2n) is 5.63. The number of alkyl halides is 3. The number of nitro benzene ring substituents is 1. The average Bonchev–Trinajstić information content (AvgIpc) is 2.84. The number of amides is 1. The highest BCUT2D eigenvalue weighted by Crippen LogP contribution is 2.36. The zero-order valence-electron chi connectivity index (χ0n) is 13.9. The molecule has 0 bridgehead atoms. The van der Waals surface area contributed by atoms with Gasteiger partial charge in [-0.05, 0) is 48.3 Å². The van der Waals surface area contributed by atoms with Gasteiger partial charge in [0.05, 0.1) is 15.1 Å². The van der Waals surface area contributed by atoms with Crippen molar-refractivity contribution in [2.24, 2.45) is 0 Å². The molecule has 0 fully saturated rings. The van der Waals surface area contributed by atoms with E-state index in [-0.39, 0.29) is 21.5 Å². The summed E-state index contributed by atoms with van der Waals surface area (Å²) in [5, 5.41) is 17.0. The SMILES string of the molecule is Cc1ccc(NC(=O)C(C)n2nc(C(F)(F)F)c(Br)c2C)c([N+](=O)[O-])c1. The molecule has 0 spiro atoms. The number of hydrogen-bond acceptors (Lipinski definition) is 4. The highest BCUT2D eigenvalue weighted by Gasteiger charge is 2.39. The van der Waals surface area contributed by atoms with Crippen LogP contribution in [-0.4, -0.2) is 20.6 Å². The molecule has 7 nitrogen and oxygen atoms in total. The maximum absolute atomic E-state index is 13.0. The lowest BCUT2D eigenvalue weighted by Gasteiger charge is -2.15. The summed E-state index contributed by atoms with van der Waals surface area (Å²) in [5.41, 5.74) is -0.754. The van der Waals surface area contributed by atoms with Gasteiger partial charge in [0, 0.05) is 6.07 Å². The summed E-state index contributed by atoms with van der Waals surface area (Å²) >= 11 is 2.84. The number of hydrogen-bond donors (Lipinski definition) is 1. The molecular weight excluding hydrogens is 421 g/mol. The quantitative estimate of drug-likeness (QED) is 0.570. The van der Waals surface area contributed by atoms with E-state index in [4.69, 9.17) is 0 Å². The van der Waals surface area contributed by atoms with Crippen LogP contribution in [0.1, 0.15) is 29.9 Å². The molecule has 0 saturated carbocycles. The Morgan fingerprint density at radius 1 is 1.38 bits per heavy atom. The third-order valence-electron chi connectivity index (χ3n) is 3.70. The second-order valence-corrected chi connectivity index (χ2v) is 6.43. The van der Waals surface area contributed by atoms with Crippen molar-refractivity contribution in [1.29, 1.82) is 0 Å². The van der Waals surface area contributed by atoms with Crippen LogP contribution in [0.3, 0.4) is 0 Å². The molecule has 26 heavy (non-hydrogen) atoms. The van der Waals surface area contributed by atoms with Crippen LogP contribution in [0, 0.1) is 24.0 Å². The molecule has 0 aliphatic carbocycles. The van der Waals surface area contributed by atoms with E-state index in [0.717, 1.165) is 4.68 Å². The molecule has 2 rings (SSSR count). The lowest BCUT2D eigenvalue weighted by atomic mass is 10.2. The summed E-state index contributed by atoms with van der Waals surface area (Å²) in [6.07, 6.45) is -4.68. The first-order valence-corrected chi connectivity index (χ1v) is 8.10. The maximum atomic E-state index is 13.0. The fraction of sp³-hybridized carbons (Fsp3) is 0.333. The van der Waals surface area contributed by atoms with Crippen molar-refractivity contribution in [2.75, 3.05) is 5.32 Å². The number of carbonyl (C=O) groups is 1. The topological polar surface area (TPSA) is 90.1 Å². The first kappa shape index (κ1) is 19.9. The number of halogens is 4. The van der Waals surface area contributed by atoms with Crippen molar-refractivity contribution < 1.29 is 22.9 Å². The van der Waals surface area contributed by atoms with Crippen LogP contribution in [0.2, 0.25) is 0 Å². The lowest BCUT2D eigenvalue weighted by Crippen LogP contribution is -2.26. The minimum atomic E-state index is -4.68. The van der Waals surface area contributed by atoms with Crippen molar-refractivity contribution in [2.45, 2.75) is 33.0 Å². The normalized spacial score (nSPS) is 12.7. The van der Waals surface area contributed by atoms with E-state index in [2.05, 4.69) is 26.3 Å². The molecule has 0 aliphatic heterocycles. The van der Waals surface area contributed by atoms with Crippen molar-refractivity contribution in [3.8, 4) is 0 Å². The number of aromatic nitrogens is 2. The van der Waals surface area contributed by atoms with Crippen LogP contribution in [0.25, 0.3) is 0 Å². The van der Waals surface area contributed by atoms with Crippen LogP contribution in [-0.2, 0) is 11.0 Å². The molecule has 1 heterocycles. The number of carbonyl (C=O) groups excluding carboxylic acids is 1. The second kappa shape index (κ2) is 7.06. The summed E-state index contributed by atoms with van der Waals surface area (Å²) in [4.78, 5) is 22.9. The van der Waals surface area contributed by atoms with E-state index < -0.39 is 28.7 Å². The highest BCUT2D eigenvalue weighted by atomic mass is 79.9. The molecule has 1 atom stereocenters. The van der Waals surface area contributed by atoms with Crippen LogP contribution >= 0.6 is 15.9 Å². The minimum absolute atomic E-state index is 0.0441. The predicted molar refractivity (Wildman–Crippen MR) is 90.8 cm³/mol. The van der Waals surface area contributed by atoms with Crippen molar-refractivity contribution >= 4 is 33.2 Å². The van der Waals surface area contributed by atoms with Gasteiger partial charge in [0.2, 0.25) is 5.91 Å². The summed E-state index contributed by atoms with van der Waals surface area (Å²) in [7, 11) is 0. The third kappa shape index (κ3) is 3.87. The molecule has 140 valence electrons. The largest absolute Gasteiger partial charge is 0.436 e. The fourth-order valence-electron chi connectivity index (χ4n) is 2.30. The van der Waals surface area contributed by atoms with E-state index in [1.54, 1.807) is 13.0 Å². The molecule has 1 N–H and O–H groups in total. The minimum Gasteiger partial charge on any atom is -0.319 e. The van der Waals surface area contributed by atoms with E-state index in [9.17, 15) is 28.1 Å². The molecular formula is C15H14BrF3N4O3. The van der Waals surface area contributed by atoms with Gasteiger partial charge < -0.3 is 5.32 Å². The molecule has 0 aliphatic rings. The van der Waals surface area contributed by atoms with Crippen LogP contribution in [0.15, 0.2) is 22.7 Å². The zero-order valence-corrected chi connectivity index (χ0v) is 15.5. The summed E-state index contributed by atoms with van der Waals surface area (Å²) in [6, 6.07) is 3.11. The Hall–Kier alpha value is -2.43. The van der Waals surface area contributed by atoms with Gasteiger partial charge in [-0.15, -0.1) is 0 Å². The van der Waals surface area contributed by atoms with Crippen LogP contribution in [0.4, 0.5) is 24.5 Å². The number of benzene rings is 1. The molecule has 0 radical (unpaired) electrons. The van der Waals surface area contributed by atoms with Gasteiger partial charge in [-0.2, -0.15) is 18.3 Å². The van der Waals surface area contributed by atoms with Crippen LogP contribution < -0.4 is 5.32 Å². The number of anilines is 1. The van der Waals surface area contributed by atoms with Crippen LogP contribution in [0.5, 0.6) is 0 Å². The Morgan fingerprint density at radius 2 is 2.00 bits per heavy atom. The van der Waals surface area contributed by atoms with Gasteiger partial charge in [-0.3, -0.25) is 19.6 Å². The van der Waals surface area contributed by atoms with Gasteiger partial charge >= 0.3 is 6.18 Å². The number of nitro groups is 1. The fourth-order valence-corrected chi connectivity index (χ4v) is 2.79. The first-order valence-electron chi connectivity index (χ1n) is 7.31. The van der Waals surface area contributed by atoms with Gasteiger partial charge in [0.25, 0.3) is 5.69 Å². The number of aryl methyl sites for hydroxylation is 1. The van der Waals surface area contributed by atoms with Crippen molar-refractivity contribution in [3.63, 3.8) is 0 Å². The summed E-state index contributed by atoms with van der Waals surface area (Å²) in [6.45, 7) is 4.39. The van der Waals surface area contributed by atoms with E-state index in [1.165, 1.54) is 26.0 Å². The molecule has 1 aromatic carbocycles. The van der Waals surface area contributed by atoms with Gasteiger partial charge in [-0.25, -0.2) is 0 Å². The average molecular weight is 435 g/mol. The third-order valence-corrected chi connectivity index (χ3v) is 4.65. The Labute approximate surface area is 154 Å². The summed E-state index contributed by atoms with van der Waals surface area (Å²) in [5.74, 6) is -0.733. The van der Waals surface area contributed by atoms with Crippen molar-refractivity contribution in [1.82, 2.24) is 9.78 Å². The molecule has 1 aromatic heterocycles. The molecule has 1 unspecified atom stereocenters. The predicted octanol–water partition coefficient (Wildman–Crippen LogP) is 4.39. The van der Waals surface area contributed by atoms with E-state index >= 15 is 0 Å². The number of nitrogens with one attached hydrogen (secondary N) is 1. The lowest BCUT2D eigenvalue weighted by molar-refractivity contribution is -0.384. The molecule has 0 saturated heterocycles.